The molecule has 0 unspecified atom stereocenters. The summed E-state index contributed by atoms with van der Waals surface area (Å²) < 4.78 is 7.49. The van der Waals surface area contributed by atoms with Gasteiger partial charge in [0.25, 0.3) is 0 Å². The zero-order chi connectivity index (χ0) is 24.1. The Hall–Kier alpha value is -4.23. The maximum absolute atomic E-state index is 9.44. The summed E-state index contributed by atoms with van der Waals surface area (Å²) >= 11 is 0. The van der Waals surface area contributed by atoms with E-state index in [2.05, 4.69) is 4.98 Å². The van der Waals surface area contributed by atoms with E-state index >= 15 is 0 Å². The van der Waals surface area contributed by atoms with Gasteiger partial charge >= 0.3 is 0 Å². The second-order valence-corrected chi connectivity index (χ2v) is 7.27. The number of hydrogen-bond donors (Lipinski definition) is 2. The third-order valence-corrected chi connectivity index (χ3v) is 5.34. The Morgan fingerprint density at radius 1 is 0.882 bits per heavy atom. The van der Waals surface area contributed by atoms with E-state index in [0.717, 1.165) is 39.3 Å². The van der Waals surface area contributed by atoms with Crippen molar-refractivity contribution in [3.05, 3.63) is 84.6 Å². The predicted molar refractivity (Wildman–Crippen MR) is 136 cm³/mol. The van der Waals surface area contributed by atoms with Gasteiger partial charge in [-0.25, -0.2) is 15.0 Å². The van der Waals surface area contributed by atoms with E-state index in [1.165, 1.54) is 0 Å². The monoisotopic (exact) mass is 453 g/mol. The Labute approximate surface area is 198 Å². The highest BCUT2D eigenvalue weighted by Crippen LogP contribution is 2.33. The molecule has 7 heteroatoms. The minimum Gasteiger partial charge on any atom is -0.496 e. The van der Waals surface area contributed by atoms with Crippen molar-refractivity contribution >= 4 is 17.0 Å². The van der Waals surface area contributed by atoms with E-state index < -0.39 is 0 Å². The fourth-order valence-electron chi connectivity index (χ4n) is 3.75. The first-order chi connectivity index (χ1) is 16.7. The highest BCUT2D eigenvalue weighted by Gasteiger charge is 2.19. The Morgan fingerprint density at radius 2 is 1.62 bits per heavy atom. The Balaban J connectivity index is 0.00000133. The van der Waals surface area contributed by atoms with Gasteiger partial charge in [0, 0.05) is 17.4 Å². The first-order valence-electron chi connectivity index (χ1n) is 11.1. The van der Waals surface area contributed by atoms with E-state index in [1.807, 2.05) is 91.2 Å². The van der Waals surface area contributed by atoms with Gasteiger partial charge in [-0.05, 0) is 54.1 Å². The molecule has 2 aromatic carbocycles. The van der Waals surface area contributed by atoms with Crippen molar-refractivity contribution in [2.75, 3.05) is 12.8 Å². The zero-order valence-corrected chi connectivity index (χ0v) is 19.4. The smallest absolute Gasteiger partial charge is 0.165 e. The largest absolute Gasteiger partial charge is 0.496 e. The molecule has 0 spiro atoms. The van der Waals surface area contributed by atoms with Crippen LogP contribution in [0.1, 0.15) is 19.4 Å². The number of ether oxygens (including phenoxy) is 1. The fraction of sp³-hybridized carbons (Fsp3) is 0.148. The molecule has 0 fully saturated rings. The molecule has 172 valence electrons. The van der Waals surface area contributed by atoms with Gasteiger partial charge in [-0.1, -0.05) is 38.1 Å². The van der Waals surface area contributed by atoms with E-state index in [4.69, 9.17) is 20.4 Å². The molecule has 0 saturated carbocycles. The lowest BCUT2D eigenvalue weighted by atomic mass is 10.1. The lowest BCUT2D eigenvalue weighted by Gasteiger charge is -2.12. The average Bonchev–Trinajstić information content (AvgIpc) is 3.28. The van der Waals surface area contributed by atoms with Crippen molar-refractivity contribution in [1.82, 2.24) is 19.5 Å². The van der Waals surface area contributed by atoms with E-state index in [9.17, 15) is 5.11 Å². The van der Waals surface area contributed by atoms with Crippen molar-refractivity contribution in [2.24, 2.45) is 0 Å². The van der Waals surface area contributed by atoms with Crippen LogP contribution >= 0.6 is 0 Å². The van der Waals surface area contributed by atoms with Gasteiger partial charge in [0.1, 0.15) is 17.1 Å². The quantitative estimate of drug-likeness (QED) is 0.377. The molecule has 0 saturated heterocycles. The van der Waals surface area contributed by atoms with Gasteiger partial charge in [0.15, 0.2) is 11.5 Å². The molecule has 3 aromatic heterocycles. The Kier molecular flexibility index (Phi) is 6.85. The summed E-state index contributed by atoms with van der Waals surface area (Å²) in [6, 6.07) is 23.0. The van der Waals surface area contributed by atoms with Crippen molar-refractivity contribution in [3.8, 4) is 34.1 Å². The fourth-order valence-corrected chi connectivity index (χ4v) is 3.75. The maximum atomic E-state index is 9.44. The predicted octanol–water partition coefficient (Wildman–Crippen LogP) is 5.26. The van der Waals surface area contributed by atoms with Gasteiger partial charge < -0.3 is 15.6 Å². The van der Waals surface area contributed by atoms with Crippen LogP contribution in [0.3, 0.4) is 0 Å². The van der Waals surface area contributed by atoms with Crippen LogP contribution in [0.25, 0.3) is 39.5 Å². The second-order valence-electron chi connectivity index (χ2n) is 7.27. The van der Waals surface area contributed by atoms with Gasteiger partial charge in [0.2, 0.25) is 0 Å². The number of aliphatic hydroxyl groups is 1. The van der Waals surface area contributed by atoms with Crippen molar-refractivity contribution in [3.63, 3.8) is 0 Å². The molecule has 0 amide bonds. The number of nitrogen functional groups attached to an aromatic ring is 1. The molecular weight excluding hydrogens is 426 g/mol. The van der Waals surface area contributed by atoms with Crippen LogP contribution in [-0.4, -0.2) is 31.7 Å². The molecule has 0 radical (unpaired) electrons. The number of nitrogens with two attached hydrogens (primary N) is 1. The second kappa shape index (κ2) is 10.1. The zero-order valence-electron chi connectivity index (χ0n) is 19.4. The normalized spacial score (nSPS) is 10.6. The number of methoxy groups -OCH3 is 1. The number of aliphatic hydroxyl groups excluding tert-OH is 1. The molecule has 3 heterocycles. The Morgan fingerprint density at radius 3 is 2.32 bits per heavy atom. The number of nitrogens with zero attached hydrogens (tertiary/aromatic N) is 4. The van der Waals surface area contributed by atoms with Gasteiger partial charge in [0.05, 0.1) is 25.0 Å². The van der Waals surface area contributed by atoms with Crippen molar-refractivity contribution in [2.45, 2.75) is 20.5 Å². The van der Waals surface area contributed by atoms with Crippen LogP contribution in [-0.2, 0) is 6.61 Å². The van der Waals surface area contributed by atoms with Gasteiger partial charge in [-0.2, -0.15) is 0 Å². The number of anilines is 1. The number of rotatable bonds is 5. The first kappa shape index (κ1) is 22.9. The number of imidazole rings is 1. The number of pyridine rings is 2. The number of para-hydroxylation sites is 1. The molecule has 0 aliphatic rings. The number of fused-ring (bicyclic) bond motifs is 1. The highest BCUT2D eigenvalue weighted by atomic mass is 16.5. The van der Waals surface area contributed by atoms with Crippen LogP contribution < -0.4 is 10.5 Å². The van der Waals surface area contributed by atoms with Crippen LogP contribution in [0.4, 0.5) is 5.82 Å². The molecule has 34 heavy (non-hydrogen) atoms. The van der Waals surface area contributed by atoms with Gasteiger partial charge in [-0.3, -0.25) is 4.57 Å². The van der Waals surface area contributed by atoms with E-state index in [-0.39, 0.29) is 6.61 Å². The lowest BCUT2D eigenvalue weighted by molar-refractivity contribution is 0.282. The molecule has 0 atom stereocenters. The van der Waals surface area contributed by atoms with Crippen LogP contribution in [0.15, 0.2) is 79.0 Å². The lowest BCUT2D eigenvalue weighted by Crippen LogP contribution is -2.02. The summed E-state index contributed by atoms with van der Waals surface area (Å²) in [6.07, 6.45) is 1.65. The number of aromatic nitrogens is 4. The standard InChI is InChI=1S/C25H21N5O2.C2H6/c1-32-22-7-3-2-5-18(22)20-12-13-21-25(28-20)30(17-10-8-16(15-31)9-11-17)24(29-21)19-6-4-14-27-23(19)26;1-2/h2-14,31H,15H2,1H3,(H2,26,27);1-2H3. The van der Waals surface area contributed by atoms with Crippen LogP contribution in [0.5, 0.6) is 5.75 Å². The highest BCUT2D eigenvalue weighted by molar-refractivity contribution is 5.85. The average molecular weight is 454 g/mol. The number of hydrogen-bond acceptors (Lipinski definition) is 6. The summed E-state index contributed by atoms with van der Waals surface area (Å²) in [7, 11) is 1.65. The Bertz CT molecular complexity index is 1410. The van der Waals surface area contributed by atoms with E-state index in [1.54, 1.807) is 13.3 Å². The molecule has 7 nitrogen and oxygen atoms in total. The van der Waals surface area contributed by atoms with Crippen molar-refractivity contribution < 1.29 is 9.84 Å². The molecule has 0 bridgehead atoms. The van der Waals surface area contributed by atoms with Crippen molar-refractivity contribution in [1.29, 1.82) is 0 Å². The van der Waals surface area contributed by atoms with Crippen LogP contribution in [0.2, 0.25) is 0 Å². The van der Waals surface area contributed by atoms with E-state index in [0.29, 0.717) is 17.3 Å². The summed E-state index contributed by atoms with van der Waals surface area (Å²) in [5.41, 5.74) is 11.7. The molecule has 5 aromatic rings. The molecule has 0 aliphatic carbocycles. The van der Waals surface area contributed by atoms with Crippen LogP contribution in [0, 0.1) is 0 Å². The summed E-state index contributed by atoms with van der Waals surface area (Å²) in [5.74, 6) is 1.78. The molecule has 5 rings (SSSR count). The third kappa shape index (κ3) is 4.21. The number of benzene rings is 2. The SMILES string of the molecule is CC.COc1ccccc1-c1ccc2nc(-c3cccnc3N)n(-c3ccc(CO)cc3)c2n1. The molecule has 0 aliphatic heterocycles. The molecule has 3 N–H and O–H groups in total. The summed E-state index contributed by atoms with van der Waals surface area (Å²) in [4.78, 5) is 14.0. The minimum atomic E-state index is -0.0242. The van der Waals surface area contributed by atoms with Gasteiger partial charge in [-0.15, -0.1) is 0 Å². The summed E-state index contributed by atoms with van der Waals surface area (Å²) in [6.45, 7) is 3.98. The summed E-state index contributed by atoms with van der Waals surface area (Å²) in [5, 5.41) is 9.44. The third-order valence-electron chi connectivity index (χ3n) is 5.34. The topological polar surface area (TPSA) is 99.1 Å². The minimum absolute atomic E-state index is 0.0242. The molecular formula is C27H27N5O2. The maximum Gasteiger partial charge on any atom is 0.165 e. The first-order valence-corrected chi connectivity index (χ1v) is 11.1.